The highest BCUT2D eigenvalue weighted by molar-refractivity contribution is 5.87. The van der Waals surface area contributed by atoms with Crippen molar-refractivity contribution in [2.75, 3.05) is 6.61 Å². The number of ether oxygens (including phenoxy) is 2. The predicted octanol–water partition coefficient (Wildman–Crippen LogP) is 4.49. The molecule has 1 unspecified atom stereocenters. The monoisotopic (exact) mass is 374 g/mol. The van der Waals surface area contributed by atoms with Crippen molar-refractivity contribution in [2.24, 2.45) is 0 Å². The van der Waals surface area contributed by atoms with E-state index < -0.39 is 30.1 Å². The van der Waals surface area contributed by atoms with Crippen LogP contribution in [0.15, 0.2) is 30.6 Å². The van der Waals surface area contributed by atoms with E-state index in [1.165, 1.54) is 22.8 Å². The molecular weight excluding hydrogens is 356 g/mol. The third-order valence-electron chi connectivity index (χ3n) is 3.66. The van der Waals surface area contributed by atoms with Crippen molar-refractivity contribution < 1.29 is 31.8 Å². The average molecular weight is 374 g/mol. The Balaban J connectivity index is 2.26. The van der Waals surface area contributed by atoms with Gasteiger partial charge in [0.15, 0.2) is 5.69 Å². The van der Waals surface area contributed by atoms with Crippen LogP contribution in [0.1, 0.15) is 48.8 Å². The second-order valence-corrected chi connectivity index (χ2v) is 5.58. The van der Waals surface area contributed by atoms with E-state index in [-0.39, 0.29) is 12.3 Å². The van der Waals surface area contributed by atoms with Crippen molar-refractivity contribution in [2.45, 2.75) is 39.1 Å². The zero-order chi connectivity index (χ0) is 19.3. The van der Waals surface area contributed by atoms with Gasteiger partial charge in [-0.05, 0) is 31.0 Å². The van der Waals surface area contributed by atoms with Gasteiger partial charge >= 0.3 is 12.3 Å². The molecule has 9 heteroatoms. The van der Waals surface area contributed by atoms with E-state index in [0.29, 0.717) is 12.0 Å². The maximum atomic E-state index is 13.9. The number of rotatable bonds is 7. The van der Waals surface area contributed by atoms with Crippen LogP contribution in [-0.2, 0) is 4.74 Å². The van der Waals surface area contributed by atoms with Gasteiger partial charge in [0.2, 0.25) is 5.95 Å². The van der Waals surface area contributed by atoms with E-state index in [1.807, 2.05) is 6.92 Å². The van der Waals surface area contributed by atoms with Gasteiger partial charge in [0.25, 0.3) is 0 Å². The Labute approximate surface area is 147 Å². The van der Waals surface area contributed by atoms with Gasteiger partial charge in [-0.2, -0.15) is 4.39 Å². The maximum Gasteiger partial charge on any atom is 0.573 e. The van der Waals surface area contributed by atoms with Crippen LogP contribution in [0, 0.1) is 5.95 Å². The van der Waals surface area contributed by atoms with Gasteiger partial charge in [-0.1, -0.05) is 25.5 Å². The third kappa shape index (κ3) is 4.96. The quantitative estimate of drug-likeness (QED) is 0.407. The van der Waals surface area contributed by atoms with Gasteiger partial charge in [-0.15, -0.1) is 13.2 Å². The van der Waals surface area contributed by atoms with Crippen LogP contribution in [0.4, 0.5) is 17.6 Å². The molecule has 0 fully saturated rings. The fraction of sp³-hybridized carbons (Fsp3) is 0.412. The lowest BCUT2D eigenvalue weighted by molar-refractivity contribution is -0.274. The predicted molar refractivity (Wildman–Crippen MR) is 84.3 cm³/mol. The fourth-order valence-corrected chi connectivity index (χ4v) is 2.33. The number of nitrogens with zero attached hydrogens (tertiary/aromatic N) is 2. The highest BCUT2D eigenvalue weighted by Crippen LogP contribution is 2.28. The van der Waals surface area contributed by atoms with Gasteiger partial charge in [-0.25, -0.2) is 9.78 Å². The van der Waals surface area contributed by atoms with E-state index in [9.17, 15) is 22.4 Å². The summed E-state index contributed by atoms with van der Waals surface area (Å²) in [6.45, 7) is 3.65. The normalized spacial score (nSPS) is 12.7. The minimum absolute atomic E-state index is 0.142. The van der Waals surface area contributed by atoms with Gasteiger partial charge < -0.3 is 14.0 Å². The summed E-state index contributed by atoms with van der Waals surface area (Å²) < 4.78 is 61.2. The van der Waals surface area contributed by atoms with Crippen molar-refractivity contribution in [1.82, 2.24) is 9.55 Å². The number of aromatic nitrogens is 2. The van der Waals surface area contributed by atoms with Crippen molar-refractivity contribution in [1.29, 1.82) is 0 Å². The lowest BCUT2D eigenvalue weighted by Crippen LogP contribution is -2.18. The molecule has 1 heterocycles. The average Bonchev–Trinajstić information content (AvgIpc) is 2.94. The topological polar surface area (TPSA) is 53.3 Å². The minimum Gasteiger partial charge on any atom is -0.461 e. The highest BCUT2D eigenvalue weighted by Gasteiger charge is 2.31. The number of carbonyl (C=O) groups excluding carboxylic acids is 1. The highest BCUT2D eigenvalue weighted by atomic mass is 19.4. The molecule has 0 radical (unpaired) electrons. The minimum atomic E-state index is -4.82. The van der Waals surface area contributed by atoms with E-state index in [0.717, 1.165) is 18.8 Å². The second-order valence-electron chi connectivity index (χ2n) is 5.58. The smallest absolute Gasteiger partial charge is 0.461 e. The summed E-state index contributed by atoms with van der Waals surface area (Å²) >= 11 is 0. The standard InChI is InChI=1S/C17H18F4N2O3/c1-3-4-8-25-16(24)14-15(18)22-10-23(14)11(2)12-6-5-7-13(9-12)26-17(19,20)21/h5-7,9-11H,3-4,8H2,1-2H3. The molecule has 1 aromatic carbocycles. The maximum absolute atomic E-state index is 13.9. The van der Waals surface area contributed by atoms with E-state index in [1.54, 1.807) is 6.92 Å². The number of alkyl halides is 3. The number of hydrogen-bond acceptors (Lipinski definition) is 4. The lowest BCUT2D eigenvalue weighted by Gasteiger charge is -2.17. The Bertz CT molecular complexity index is 759. The number of benzene rings is 1. The van der Waals surface area contributed by atoms with Crippen molar-refractivity contribution >= 4 is 5.97 Å². The first-order valence-electron chi connectivity index (χ1n) is 7.98. The van der Waals surface area contributed by atoms with Gasteiger partial charge in [0.05, 0.1) is 19.0 Å². The first-order valence-corrected chi connectivity index (χ1v) is 7.98. The molecule has 1 aromatic heterocycles. The first-order chi connectivity index (χ1) is 12.2. The molecular formula is C17H18F4N2O3. The molecule has 0 aliphatic carbocycles. The molecule has 142 valence electrons. The number of esters is 1. The van der Waals surface area contributed by atoms with E-state index >= 15 is 0 Å². The van der Waals surface area contributed by atoms with Crippen LogP contribution in [0.3, 0.4) is 0 Å². The number of unbranched alkanes of at least 4 members (excludes halogenated alkanes) is 1. The molecule has 0 bridgehead atoms. The Morgan fingerprint density at radius 1 is 1.35 bits per heavy atom. The van der Waals surface area contributed by atoms with E-state index in [4.69, 9.17) is 4.74 Å². The molecule has 0 aliphatic heterocycles. The molecule has 26 heavy (non-hydrogen) atoms. The fourth-order valence-electron chi connectivity index (χ4n) is 2.33. The van der Waals surface area contributed by atoms with Gasteiger partial charge in [-0.3, -0.25) is 0 Å². The Kier molecular flexibility index (Phi) is 6.23. The molecule has 1 atom stereocenters. The molecule has 2 aromatic rings. The molecule has 5 nitrogen and oxygen atoms in total. The molecule has 0 N–H and O–H groups in total. The number of hydrogen-bond donors (Lipinski definition) is 0. The second kappa shape index (κ2) is 8.20. The summed E-state index contributed by atoms with van der Waals surface area (Å²) in [5.74, 6) is -2.28. The largest absolute Gasteiger partial charge is 0.573 e. The Morgan fingerprint density at radius 2 is 2.08 bits per heavy atom. The van der Waals surface area contributed by atoms with Gasteiger partial charge in [0.1, 0.15) is 5.75 Å². The van der Waals surface area contributed by atoms with Crippen LogP contribution in [0.5, 0.6) is 5.75 Å². The van der Waals surface area contributed by atoms with Crippen molar-refractivity contribution in [3.05, 3.63) is 47.8 Å². The molecule has 0 spiro atoms. The van der Waals surface area contributed by atoms with Crippen LogP contribution in [0.2, 0.25) is 0 Å². The van der Waals surface area contributed by atoms with Crippen LogP contribution in [-0.4, -0.2) is 28.5 Å². The molecule has 0 saturated carbocycles. The number of imidazole rings is 1. The number of halogens is 4. The molecule has 0 saturated heterocycles. The van der Waals surface area contributed by atoms with Crippen LogP contribution < -0.4 is 4.74 Å². The molecule has 2 rings (SSSR count). The third-order valence-corrected chi connectivity index (χ3v) is 3.66. The van der Waals surface area contributed by atoms with Crippen LogP contribution in [0.25, 0.3) is 0 Å². The summed E-state index contributed by atoms with van der Waals surface area (Å²) in [5, 5.41) is 0. The Morgan fingerprint density at radius 3 is 2.73 bits per heavy atom. The zero-order valence-corrected chi connectivity index (χ0v) is 14.2. The summed E-state index contributed by atoms with van der Waals surface area (Å²) in [4.78, 5) is 15.6. The molecule has 0 amide bonds. The molecule has 0 aliphatic rings. The Hall–Kier alpha value is -2.58. The summed E-state index contributed by atoms with van der Waals surface area (Å²) in [6, 6.07) is 4.56. The summed E-state index contributed by atoms with van der Waals surface area (Å²) in [5.41, 5.74) is 0.00232. The SMILES string of the molecule is CCCCOC(=O)c1c(F)ncn1C(C)c1cccc(OC(F)(F)F)c1. The van der Waals surface area contributed by atoms with Crippen LogP contribution >= 0.6 is 0 Å². The number of carbonyl (C=O) groups is 1. The van der Waals surface area contributed by atoms with Gasteiger partial charge in [0, 0.05) is 0 Å². The van der Waals surface area contributed by atoms with Crippen molar-refractivity contribution in [3.8, 4) is 5.75 Å². The van der Waals surface area contributed by atoms with E-state index in [2.05, 4.69) is 9.72 Å². The lowest BCUT2D eigenvalue weighted by atomic mass is 10.1. The zero-order valence-electron chi connectivity index (χ0n) is 14.2. The summed E-state index contributed by atoms with van der Waals surface area (Å²) in [6.07, 6.45) is -2.28. The summed E-state index contributed by atoms with van der Waals surface area (Å²) in [7, 11) is 0. The first kappa shape index (κ1) is 19.7. The van der Waals surface area contributed by atoms with Crippen molar-refractivity contribution in [3.63, 3.8) is 0 Å².